The topological polar surface area (TPSA) is 33.2 Å². The molecule has 0 saturated carbocycles. The summed E-state index contributed by atoms with van der Waals surface area (Å²) in [6.45, 7) is 0. The molecule has 3 nitrogen and oxygen atoms in total. The van der Waals surface area contributed by atoms with Gasteiger partial charge in [-0.1, -0.05) is 164 Å². The molecule has 0 aliphatic carbocycles. The lowest BCUT2D eigenvalue weighted by Crippen LogP contribution is -2.26. The number of hydrogen-bond acceptors (Lipinski definition) is 3. The molecule has 8 aromatic carbocycles. The summed E-state index contributed by atoms with van der Waals surface area (Å²) in [5.41, 5.74) is 5.70. The lowest BCUT2D eigenvalue weighted by molar-refractivity contribution is 0.592. The summed E-state index contributed by atoms with van der Waals surface area (Å²) in [5, 5.41) is 7.61. The molecule has 0 fully saturated rings. The van der Waals surface area contributed by atoms with E-state index in [0.29, 0.717) is 0 Å². The molecule has 0 N–H and O–H groups in total. The van der Waals surface area contributed by atoms with Crippen molar-refractivity contribution in [1.82, 2.24) is 4.98 Å². The van der Waals surface area contributed by atoms with E-state index in [1.807, 2.05) is 78.9 Å². The van der Waals surface area contributed by atoms with Gasteiger partial charge in [-0.15, -0.1) is 0 Å². The zero-order valence-corrected chi connectivity index (χ0v) is 28.7. The third-order valence-electron chi connectivity index (χ3n) is 9.67. The average molecular weight is 673 g/mol. The van der Waals surface area contributed by atoms with Crippen molar-refractivity contribution in [3.63, 3.8) is 0 Å². The largest absolute Gasteiger partial charge is 0.310 e. The van der Waals surface area contributed by atoms with Gasteiger partial charge in [-0.2, -0.15) is 0 Å². The first-order valence-corrected chi connectivity index (χ1v) is 18.9. The van der Waals surface area contributed by atoms with E-state index in [0.717, 1.165) is 76.7 Å². The van der Waals surface area contributed by atoms with Gasteiger partial charge in [-0.25, -0.2) is 4.98 Å². The zero-order valence-electron chi connectivity index (χ0n) is 27.8. The molecule has 0 spiro atoms. The van der Waals surface area contributed by atoms with Crippen LogP contribution in [0.1, 0.15) is 0 Å². The van der Waals surface area contributed by atoms with Gasteiger partial charge in [0.2, 0.25) is 0 Å². The van der Waals surface area contributed by atoms with Gasteiger partial charge in [0.15, 0.2) is 7.14 Å². The van der Waals surface area contributed by atoms with Crippen LogP contribution in [0.4, 0.5) is 17.1 Å². The average Bonchev–Trinajstić information content (AvgIpc) is 3.21. The Morgan fingerprint density at radius 2 is 0.941 bits per heavy atom. The molecule has 51 heavy (non-hydrogen) atoms. The Morgan fingerprint density at radius 1 is 0.451 bits per heavy atom. The second-order valence-corrected chi connectivity index (χ2v) is 15.4. The highest BCUT2D eigenvalue weighted by atomic mass is 31.2. The number of aromatic nitrogens is 1. The van der Waals surface area contributed by atoms with Gasteiger partial charge in [0.1, 0.15) is 0 Å². The predicted molar refractivity (Wildman–Crippen MR) is 216 cm³/mol. The van der Waals surface area contributed by atoms with E-state index in [1.54, 1.807) is 0 Å². The fraction of sp³-hybridized carbons (Fsp3) is 0. The Bertz CT molecular complexity index is 2620. The zero-order chi connectivity index (χ0) is 34.2. The van der Waals surface area contributed by atoms with Crippen LogP contribution < -0.4 is 20.8 Å². The van der Waals surface area contributed by atoms with Crippen molar-refractivity contribution in [3.05, 3.63) is 200 Å². The lowest BCUT2D eigenvalue weighted by Gasteiger charge is -2.29. The fourth-order valence-electron chi connectivity index (χ4n) is 7.39. The van der Waals surface area contributed by atoms with E-state index >= 15 is 4.57 Å². The highest BCUT2D eigenvalue weighted by Gasteiger charge is 2.33. The summed E-state index contributed by atoms with van der Waals surface area (Å²) >= 11 is 0. The fourth-order valence-corrected chi connectivity index (χ4v) is 10.2. The van der Waals surface area contributed by atoms with Crippen molar-refractivity contribution in [3.8, 4) is 11.3 Å². The minimum Gasteiger partial charge on any atom is -0.310 e. The lowest BCUT2D eigenvalue weighted by atomic mass is 9.93. The van der Waals surface area contributed by atoms with E-state index in [2.05, 4.69) is 126 Å². The number of benzene rings is 8. The summed E-state index contributed by atoms with van der Waals surface area (Å²) in [6.07, 6.45) is 0. The quantitative estimate of drug-likeness (QED) is 0.125. The monoisotopic (exact) mass is 672 g/mol. The molecule has 0 aliphatic rings. The van der Waals surface area contributed by atoms with Gasteiger partial charge >= 0.3 is 0 Å². The Morgan fingerprint density at radius 3 is 1.53 bits per heavy atom. The van der Waals surface area contributed by atoms with Crippen LogP contribution in [-0.4, -0.2) is 4.98 Å². The van der Waals surface area contributed by atoms with Crippen molar-refractivity contribution in [2.75, 3.05) is 4.90 Å². The Balaban J connectivity index is 1.49. The third kappa shape index (κ3) is 5.22. The minimum absolute atomic E-state index is 0.731. The molecule has 0 atom stereocenters. The van der Waals surface area contributed by atoms with Crippen molar-refractivity contribution in [1.29, 1.82) is 0 Å². The third-order valence-corrected chi connectivity index (χ3v) is 12.8. The maximum absolute atomic E-state index is 16.0. The molecule has 4 heteroatoms. The maximum atomic E-state index is 16.0. The summed E-state index contributed by atoms with van der Waals surface area (Å²) in [4.78, 5) is 7.96. The number of fused-ring (bicyclic) bond motifs is 5. The SMILES string of the molecule is O=P(c1ccccc1)(c1ccccc1)c1cccc2c1nc(-c1ccccc1)c1c(N(c3ccccc3)c3ccccc3)cc3ccccc3c12. The van der Waals surface area contributed by atoms with Crippen LogP contribution in [0.2, 0.25) is 0 Å². The number of anilines is 3. The number of rotatable bonds is 7. The summed E-state index contributed by atoms with van der Waals surface area (Å²) in [6, 6.07) is 68.3. The van der Waals surface area contributed by atoms with Gasteiger partial charge in [-0.05, 0) is 47.2 Å². The first-order valence-electron chi connectivity index (χ1n) is 17.2. The number of hydrogen-bond donors (Lipinski definition) is 0. The normalized spacial score (nSPS) is 11.6. The Hall–Kier alpha value is -6.28. The van der Waals surface area contributed by atoms with Crippen LogP contribution in [0.5, 0.6) is 0 Å². The first-order chi connectivity index (χ1) is 25.2. The molecule has 1 heterocycles. The van der Waals surface area contributed by atoms with Gasteiger partial charge in [0.05, 0.1) is 16.9 Å². The van der Waals surface area contributed by atoms with Gasteiger partial charge in [0, 0.05) is 49.0 Å². The van der Waals surface area contributed by atoms with Gasteiger partial charge in [0.25, 0.3) is 0 Å². The predicted octanol–water partition coefficient (Wildman–Crippen LogP) is 11.3. The molecule has 0 unspecified atom stereocenters. The molecule has 9 rings (SSSR count). The summed E-state index contributed by atoms with van der Waals surface area (Å²) < 4.78 is 16.0. The van der Waals surface area contributed by atoms with E-state index in [-0.39, 0.29) is 0 Å². The molecule has 0 bridgehead atoms. The molecule has 0 amide bonds. The number of nitrogens with zero attached hydrogens (tertiary/aromatic N) is 2. The summed E-state index contributed by atoms with van der Waals surface area (Å²) in [7, 11) is -3.37. The molecule has 0 saturated heterocycles. The molecular formula is C47H33N2OP. The first kappa shape index (κ1) is 30.8. The molecular weight excluding hydrogens is 640 g/mol. The minimum atomic E-state index is -3.37. The van der Waals surface area contributed by atoms with Crippen LogP contribution in [0.25, 0.3) is 43.7 Å². The van der Waals surface area contributed by atoms with Crippen LogP contribution >= 0.6 is 7.14 Å². The van der Waals surface area contributed by atoms with Crippen molar-refractivity contribution < 1.29 is 4.57 Å². The van der Waals surface area contributed by atoms with Crippen LogP contribution in [0.15, 0.2) is 200 Å². The standard InChI is InChI=1S/C47H33N2OP/c50-51(38-26-12-4-13-27-38,39-28-14-5-15-29-39)43-32-18-31-41-44-40-30-17-16-21-35(40)33-42(45(44)46(48-47(41)43)34-19-6-1-7-20-34)49(36-22-8-2-9-23-36)37-24-10-3-11-25-37/h1-33H. The van der Waals surface area contributed by atoms with Crippen molar-refractivity contribution >= 4 is 72.6 Å². The van der Waals surface area contributed by atoms with Crippen LogP contribution in [-0.2, 0) is 4.57 Å². The highest BCUT2D eigenvalue weighted by Crippen LogP contribution is 2.49. The maximum Gasteiger partial charge on any atom is 0.173 e. The van der Waals surface area contributed by atoms with E-state index in [4.69, 9.17) is 4.98 Å². The Kier molecular flexibility index (Phi) is 7.76. The summed E-state index contributed by atoms with van der Waals surface area (Å²) in [5.74, 6) is 0. The molecule has 9 aromatic rings. The van der Waals surface area contributed by atoms with E-state index < -0.39 is 7.14 Å². The van der Waals surface area contributed by atoms with E-state index in [9.17, 15) is 0 Å². The second-order valence-electron chi connectivity index (χ2n) is 12.7. The molecule has 242 valence electrons. The molecule has 0 radical (unpaired) electrons. The van der Waals surface area contributed by atoms with Crippen molar-refractivity contribution in [2.24, 2.45) is 0 Å². The Labute approximate surface area is 297 Å². The molecule has 1 aromatic heterocycles. The number of para-hydroxylation sites is 3. The van der Waals surface area contributed by atoms with E-state index in [1.165, 1.54) is 0 Å². The van der Waals surface area contributed by atoms with Crippen molar-refractivity contribution in [2.45, 2.75) is 0 Å². The van der Waals surface area contributed by atoms with Crippen LogP contribution in [0.3, 0.4) is 0 Å². The number of pyridine rings is 1. The second kappa shape index (κ2) is 12.9. The smallest absolute Gasteiger partial charge is 0.173 e. The molecule has 0 aliphatic heterocycles. The highest BCUT2D eigenvalue weighted by molar-refractivity contribution is 7.85. The van der Waals surface area contributed by atoms with Crippen LogP contribution in [0, 0.1) is 0 Å². The van der Waals surface area contributed by atoms with Gasteiger partial charge < -0.3 is 9.46 Å². The van der Waals surface area contributed by atoms with Gasteiger partial charge in [-0.3, -0.25) is 0 Å².